The Morgan fingerprint density at radius 1 is 1.20 bits per heavy atom. The molecule has 2 rings (SSSR count). The summed E-state index contributed by atoms with van der Waals surface area (Å²) in [5.41, 5.74) is 4.84. The summed E-state index contributed by atoms with van der Waals surface area (Å²) in [5.74, 6) is -0.241. The van der Waals surface area contributed by atoms with E-state index in [0.29, 0.717) is 5.56 Å². The Hall–Kier alpha value is -2.67. The van der Waals surface area contributed by atoms with Crippen molar-refractivity contribution in [1.82, 2.24) is 4.98 Å². The highest BCUT2D eigenvalue weighted by Crippen LogP contribution is 2.22. The molecule has 1 N–H and O–H groups in total. The number of benzene rings is 1. The first kappa shape index (κ1) is 13.8. The SMILES string of the molecule is Cc1ccc(NC(=O)c2ccnc(C#N)c2)c(C)c1C. The van der Waals surface area contributed by atoms with E-state index < -0.39 is 0 Å². The van der Waals surface area contributed by atoms with E-state index in [1.807, 2.05) is 39.0 Å². The fourth-order valence-corrected chi connectivity index (χ4v) is 1.92. The van der Waals surface area contributed by atoms with Crippen molar-refractivity contribution in [1.29, 1.82) is 5.26 Å². The molecule has 1 aromatic carbocycles. The highest BCUT2D eigenvalue weighted by atomic mass is 16.1. The van der Waals surface area contributed by atoms with E-state index in [1.165, 1.54) is 17.8 Å². The van der Waals surface area contributed by atoms with Crippen LogP contribution >= 0.6 is 0 Å². The number of carbonyl (C=O) groups excluding carboxylic acids is 1. The smallest absolute Gasteiger partial charge is 0.255 e. The van der Waals surface area contributed by atoms with E-state index in [9.17, 15) is 4.79 Å². The number of hydrogen-bond acceptors (Lipinski definition) is 3. The molecule has 0 saturated carbocycles. The summed E-state index contributed by atoms with van der Waals surface area (Å²) in [6, 6.07) is 8.86. The van der Waals surface area contributed by atoms with Crippen LogP contribution in [0.25, 0.3) is 0 Å². The number of rotatable bonds is 2. The zero-order valence-corrected chi connectivity index (χ0v) is 11.7. The average molecular weight is 265 g/mol. The van der Waals surface area contributed by atoms with Crippen LogP contribution in [-0.2, 0) is 0 Å². The monoisotopic (exact) mass is 265 g/mol. The largest absolute Gasteiger partial charge is 0.322 e. The van der Waals surface area contributed by atoms with Crippen molar-refractivity contribution in [2.45, 2.75) is 20.8 Å². The third-order valence-electron chi connectivity index (χ3n) is 3.44. The lowest BCUT2D eigenvalue weighted by Crippen LogP contribution is -2.13. The Morgan fingerprint density at radius 2 is 1.95 bits per heavy atom. The van der Waals surface area contributed by atoms with Gasteiger partial charge in [-0.1, -0.05) is 6.07 Å². The maximum absolute atomic E-state index is 12.2. The summed E-state index contributed by atoms with van der Waals surface area (Å²) in [5, 5.41) is 11.7. The number of carbonyl (C=O) groups is 1. The van der Waals surface area contributed by atoms with Crippen molar-refractivity contribution >= 4 is 11.6 Å². The van der Waals surface area contributed by atoms with Gasteiger partial charge < -0.3 is 5.32 Å². The van der Waals surface area contributed by atoms with Gasteiger partial charge in [0.25, 0.3) is 5.91 Å². The Morgan fingerprint density at radius 3 is 2.65 bits per heavy atom. The number of amides is 1. The molecule has 100 valence electrons. The number of nitrogens with one attached hydrogen (secondary N) is 1. The van der Waals surface area contributed by atoms with Crippen LogP contribution in [0.1, 0.15) is 32.7 Å². The van der Waals surface area contributed by atoms with Gasteiger partial charge in [0.2, 0.25) is 0 Å². The predicted molar refractivity (Wildman–Crippen MR) is 77.6 cm³/mol. The van der Waals surface area contributed by atoms with E-state index in [1.54, 1.807) is 6.07 Å². The highest BCUT2D eigenvalue weighted by Gasteiger charge is 2.10. The molecule has 0 atom stereocenters. The zero-order chi connectivity index (χ0) is 14.7. The summed E-state index contributed by atoms with van der Waals surface area (Å²) >= 11 is 0. The van der Waals surface area contributed by atoms with Crippen LogP contribution in [0.15, 0.2) is 30.5 Å². The lowest BCUT2D eigenvalue weighted by Gasteiger charge is -2.12. The molecule has 1 aromatic heterocycles. The Labute approximate surface area is 118 Å². The van der Waals surface area contributed by atoms with Crippen molar-refractivity contribution < 1.29 is 4.79 Å². The minimum Gasteiger partial charge on any atom is -0.322 e. The maximum Gasteiger partial charge on any atom is 0.255 e. The van der Waals surface area contributed by atoms with Crippen LogP contribution in [0.3, 0.4) is 0 Å². The molecule has 0 saturated heterocycles. The molecule has 0 spiro atoms. The molecule has 20 heavy (non-hydrogen) atoms. The number of aromatic nitrogens is 1. The Bertz CT molecular complexity index is 714. The molecule has 0 bridgehead atoms. The molecule has 0 unspecified atom stereocenters. The molecular formula is C16H15N3O. The summed E-state index contributed by atoms with van der Waals surface area (Å²) in [4.78, 5) is 16.0. The molecule has 0 radical (unpaired) electrons. The van der Waals surface area contributed by atoms with Gasteiger partial charge in [0, 0.05) is 17.4 Å². The summed E-state index contributed by atoms with van der Waals surface area (Å²) in [7, 11) is 0. The second kappa shape index (κ2) is 5.54. The van der Waals surface area contributed by atoms with Gasteiger partial charge in [0.15, 0.2) is 0 Å². The lowest BCUT2D eigenvalue weighted by molar-refractivity contribution is 0.102. The van der Waals surface area contributed by atoms with Gasteiger partial charge in [-0.05, 0) is 55.7 Å². The van der Waals surface area contributed by atoms with Crippen LogP contribution in [-0.4, -0.2) is 10.9 Å². The van der Waals surface area contributed by atoms with Crippen molar-refractivity contribution in [3.8, 4) is 6.07 Å². The van der Waals surface area contributed by atoms with E-state index in [2.05, 4.69) is 10.3 Å². The third kappa shape index (κ3) is 2.67. The maximum atomic E-state index is 12.2. The van der Waals surface area contributed by atoms with Crippen LogP contribution in [0.5, 0.6) is 0 Å². The van der Waals surface area contributed by atoms with Gasteiger partial charge in [-0.15, -0.1) is 0 Å². The van der Waals surface area contributed by atoms with Crippen molar-refractivity contribution in [3.05, 3.63) is 58.4 Å². The Balaban J connectivity index is 2.28. The van der Waals surface area contributed by atoms with Crippen molar-refractivity contribution in [3.63, 3.8) is 0 Å². The molecule has 0 aliphatic heterocycles. The number of nitriles is 1. The predicted octanol–water partition coefficient (Wildman–Crippen LogP) is 3.13. The molecule has 1 amide bonds. The Kier molecular flexibility index (Phi) is 3.81. The third-order valence-corrected chi connectivity index (χ3v) is 3.44. The summed E-state index contributed by atoms with van der Waals surface area (Å²) in [6.45, 7) is 6.04. The molecule has 0 fully saturated rings. The van der Waals surface area contributed by atoms with Gasteiger partial charge in [-0.25, -0.2) is 4.98 Å². The van der Waals surface area contributed by atoms with E-state index >= 15 is 0 Å². The van der Waals surface area contributed by atoms with Gasteiger partial charge >= 0.3 is 0 Å². The summed E-state index contributed by atoms with van der Waals surface area (Å²) < 4.78 is 0. The second-order valence-electron chi connectivity index (χ2n) is 4.68. The molecular weight excluding hydrogens is 250 g/mol. The lowest BCUT2D eigenvalue weighted by atomic mass is 10.0. The molecule has 1 heterocycles. The number of aryl methyl sites for hydroxylation is 1. The van der Waals surface area contributed by atoms with Crippen LogP contribution in [0.4, 0.5) is 5.69 Å². The molecule has 4 heteroatoms. The molecule has 4 nitrogen and oxygen atoms in total. The average Bonchev–Trinajstić information content (AvgIpc) is 2.48. The van der Waals surface area contributed by atoms with Crippen LogP contribution < -0.4 is 5.32 Å². The standard InChI is InChI=1S/C16H15N3O/c1-10-4-5-15(12(3)11(10)2)19-16(20)13-6-7-18-14(8-13)9-17/h4-8H,1-3H3,(H,19,20). The zero-order valence-electron chi connectivity index (χ0n) is 11.7. The number of hydrogen-bond donors (Lipinski definition) is 1. The minimum absolute atomic E-state index is 0.231. The van der Waals surface area contributed by atoms with Gasteiger partial charge in [-0.2, -0.15) is 5.26 Å². The van der Waals surface area contributed by atoms with Gasteiger partial charge in [0.1, 0.15) is 11.8 Å². The van der Waals surface area contributed by atoms with E-state index in [0.717, 1.165) is 16.8 Å². The summed E-state index contributed by atoms with van der Waals surface area (Å²) in [6.07, 6.45) is 1.46. The normalized spacial score (nSPS) is 9.90. The minimum atomic E-state index is -0.241. The quantitative estimate of drug-likeness (QED) is 0.907. The van der Waals surface area contributed by atoms with E-state index in [-0.39, 0.29) is 11.6 Å². The molecule has 0 aliphatic carbocycles. The number of nitrogens with zero attached hydrogens (tertiary/aromatic N) is 2. The van der Waals surface area contributed by atoms with E-state index in [4.69, 9.17) is 5.26 Å². The first-order valence-electron chi connectivity index (χ1n) is 6.27. The number of anilines is 1. The fourth-order valence-electron chi connectivity index (χ4n) is 1.92. The van der Waals surface area contributed by atoms with Gasteiger partial charge in [-0.3, -0.25) is 4.79 Å². The first-order chi connectivity index (χ1) is 9.52. The van der Waals surface area contributed by atoms with Crippen LogP contribution in [0, 0.1) is 32.1 Å². The van der Waals surface area contributed by atoms with Gasteiger partial charge in [0.05, 0.1) is 0 Å². The molecule has 0 aliphatic rings. The first-order valence-corrected chi connectivity index (χ1v) is 6.27. The van der Waals surface area contributed by atoms with Crippen molar-refractivity contribution in [2.75, 3.05) is 5.32 Å². The van der Waals surface area contributed by atoms with Crippen LogP contribution in [0.2, 0.25) is 0 Å². The fraction of sp³-hybridized carbons (Fsp3) is 0.188. The number of pyridine rings is 1. The topological polar surface area (TPSA) is 65.8 Å². The molecule has 2 aromatic rings. The van der Waals surface area contributed by atoms with Crippen molar-refractivity contribution in [2.24, 2.45) is 0 Å². The highest BCUT2D eigenvalue weighted by molar-refractivity contribution is 6.04. The second-order valence-corrected chi connectivity index (χ2v) is 4.68.